The van der Waals surface area contributed by atoms with Crippen molar-refractivity contribution in [2.24, 2.45) is 12.1 Å². The van der Waals surface area contributed by atoms with Gasteiger partial charge in [0.25, 0.3) is 0 Å². The lowest BCUT2D eigenvalue weighted by Gasteiger charge is -2.23. The minimum atomic E-state index is -4.44. The molecule has 0 atom stereocenters. The number of urea groups is 1. The van der Waals surface area contributed by atoms with Gasteiger partial charge in [-0.3, -0.25) is 4.79 Å². The molecule has 4 rings (SSSR count). The van der Waals surface area contributed by atoms with Crippen LogP contribution in [-0.2, 0) is 13.2 Å². The number of hydrogen-bond acceptors (Lipinski definition) is 5. The van der Waals surface area contributed by atoms with Gasteiger partial charge in [-0.2, -0.15) is 18.3 Å². The lowest BCUT2D eigenvalue weighted by Crippen LogP contribution is -2.41. The summed E-state index contributed by atoms with van der Waals surface area (Å²) in [6.45, 7) is 2.77. The van der Waals surface area contributed by atoms with Gasteiger partial charge in [0.2, 0.25) is 0 Å². The zero-order valence-electron chi connectivity index (χ0n) is 19.0. The van der Waals surface area contributed by atoms with Gasteiger partial charge < -0.3 is 15.2 Å². The molecule has 184 valence electrons. The Labute approximate surface area is 203 Å². The largest absolute Gasteiger partial charge is 0.416 e. The topological polar surface area (TPSA) is 91.6 Å². The number of aromatic nitrogens is 2. The van der Waals surface area contributed by atoms with Gasteiger partial charge in [-0.05, 0) is 31.2 Å². The molecular weight excluding hydrogens is 481 g/mol. The van der Waals surface area contributed by atoms with Crippen LogP contribution in [0.15, 0.2) is 47.6 Å². The van der Waals surface area contributed by atoms with Crippen LogP contribution in [0, 0.1) is 0 Å². The van der Waals surface area contributed by atoms with Crippen molar-refractivity contribution in [2.75, 3.05) is 25.4 Å². The number of imidazole rings is 1. The first-order valence-corrected chi connectivity index (χ1v) is 11.8. The van der Waals surface area contributed by atoms with Crippen molar-refractivity contribution >= 4 is 39.8 Å². The van der Waals surface area contributed by atoms with E-state index in [9.17, 15) is 22.8 Å². The van der Waals surface area contributed by atoms with Gasteiger partial charge >= 0.3 is 17.4 Å². The highest BCUT2D eigenvalue weighted by Gasteiger charge is 2.31. The summed E-state index contributed by atoms with van der Waals surface area (Å²) in [6.07, 6.45) is -4.44. The number of carbonyl (C=O) groups excluding carboxylic acids is 2. The third kappa shape index (κ3) is 5.42. The summed E-state index contributed by atoms with van der Waals surface area (Å²) in [7, 11) is 1.75. The molecule has 12 heteroatoms. The number of hydrazone groups is 1. The van der Waals surface area contributed by atoms with E-state index in [1.54, 1.807) is 17.7 Å². The molecule has 2 aromatic carbocycles. The van der Waals surface area contributed by atoms with Crippen LogP contribution in [0.3, 0.4) is 0 Å². The van der Waals surface area contributed by atoms with Crippen molar-refractivity contribution < 1.29 is 22.8 Å². The zero-order chi connectivity index (χ0) is 25.2. The molecule has 0 unspecified atom stereocenters. The predicted molar refractivity (Wildman–Crippen MR) is 129 cm³/mol. The molecule has 3 aromatic rings. The molecule has 0 saturated carbocycles. The molecular formula is C23H23F3N6O2S. The van der Waals surface area contributed by atoms with Crippen molar-refractivity contribution in [1.29, 1.82) is 0 Å². The molecule has 0 radical (unpaired) electrons. The van der Waals surface area contributed by atoms with E-state index in [-0.39, 0.29) is 24.4 Å². The summed E-state index contributed by atoms with van der Waals surface area (Å²) >= 11 is 1.11. The summed E-state index contributed by atoms with van der Waals surface area (Å²) < 4.78 is 41.2. The fourth-order valence-corrected chi connectivity index (χ4v) is 4.44. The Kier molecular flexibility index (Phi) is 7.01. The first kappa shape index (κ1) is 24.6. The quantitative estimate of drug-likeness (QED) is 0.519. The highest BCUT2D eigenvalue weighted by molar-refractivity contribution is 8.14. The molecule has 2 heterocycles. The minimum absolute atomic E-state index is 0.211. The highest BCUT2D eigenvalue weighted by atomic mass is 32.2. The first-order valence-electron chi connectivity index (χ1n) is 10.9. The molecule has 2 N–H and O–H groups in total. The second-order valence-corrected chi connectivity index (χ2v) is 8.71. The van der Waals surface area contributed by atoms with Gasteiger partial charge in [0.05, 0.1) is 28.9 Å². The maximum Gasteiger partial charge on any atom is 0.416 e. The number of nitrogens with zero attached hydrogens (tertiary/aromatic N) is 4. The molecule has 35 heavy (non-hydrogen) atoms. The Morgan fingerprint density at radius 2 is 1.94 bits per heavy atom. The van der Waals surface area contributed by atoms with E-state index in [1.807, 2.05) is 25.1 Å². The highest BCUT2D eigenvalue weighted by Crippen LogP contribution is 2.33. The van der Waals surface area contributed by atoms with Crippen molar-refractivity contribution in [3.63, 3.8) is 0 Å². The smallest absolute Gasteiger partial charge is 0.338 e. The van der Waals surface area contributed by atoms with Crippen LogP contribution in [0.4, 0.5) is 22.8 Å². The molecule has 0 fully saturated rings. The SMILES string of the molecule is CCNC(=O)NCCN1N=C(c2ccc3c(c2)nc(-c2cccc(C(F)(F)F)c2)n3C)CSC1=O. The number of amides is 3. The summed E-state index contributed by atoms with van der Waals surface area (Å²) in [4.78, 5) is 28.4. The maximum atomic E-state index is 13.2. The second kappa shape index (κ2) is 9.98. The fraction of sp³-hybridized carbons (Fsp3) is 0.304. The molecule has 8 nitrogen and oxygen atoms in total. The number of carbonyl (C=O) groups is 2. The number of hydrogen-bond donors (Lipinski definition) is 2. The number of halogens is 3. The number of rotatable bonds is 6. The minimum Gasteiger partial charge on any atom is -0.338 e. The molecule has 1 aliphatic rings. The van der Waals surface area contributed by atoms with E-state index in [4.69, 9.17) is 0 Å². The van der Waals surface area contributed by atoms with E-state index in [2.05, 4.69) is 20.7 Å². The van der Waals surface area contributed by atoms with E-state index >= 15 is 0 Å². The van der Waals surface area contributed by atoms with E-state index in [0.29, 0.717) is 34.9 Å². The van der Waals surface area contributed by atoms with Gasteiger partial charge in [0, 0.05) is 37.0 Å². The molecule has 1 aliphatic heterocycles. The summed E-state index contributed by atoms with van der Waals surface area (Å²) in [5.74, 6) is 0.786. The molecule has 0 aliphatic carbocycles. The standard InChI is InChI=1S/C23H23F3N6O2S/c1-3-27-21(33)28-9-10-32-22(34)35-13-18(30-32)14-7-8-19-17(12-14)29-20(31(19)2)15-5-4-6-16(11-15)23(24,25)26/h4-8,11-12H,3,9-10,13H2,1-2H3,(H2,27,28,33). The average molecular weight is 505 g/mol. The van der Waals surface area contributed by atoms with Gasteiger partial charge in [0.1, 0.15) is 5.82 Å². The number of fused-ring (bicyclic) bond motifs is 1. The monoisotopic (exact) mass is 504 g/mol. The van der Waals surface area contributed by atoms with Crippen molar-refractivity contribution in [2.45, 2.75) is 13.1 Å². The van der Waals surface area contributed by atoms with E-state index < -0.39 is 11.7 Å². The van der Waals surface area contributed by atoms with Gasteiger partial charge in [0.15, 0.2) is 0 Å². The third-order valence-electron chi connectivity index (χ3n) is 5.39. The van der Waals surface area contributed by atoms with Crippen molar-refractivity contribution in [1.82, 2.24) is 25.2 Å². The van der Waals surface area contributed by atoms with E-state index in [1.165, 1.54) is 11.1 Å². The van der Waals surface area contributed by atoms with Gasteiger partial charge in [-0.25, -0.2) is 14.8 Å². The van der Waals surface area contributed by atoms with Crippen LogP contribution in [0.2, 0.25) is 0 Å². The summed E-state index contributed by atoms with van der Waals surface area (Å²) in [5.41, 5.74) is 2.41. The summed E-state index contributed by atoms with van der Waals surface area (Å²) in [5, 5.41) is 10.8. The fourth-order valence-electron chi connectivity index (χ4n) is 3.67. The lowest BCUT2D eigenvalue weighted by atomic mass is 10.1. The Morgan fingerprint density at radius 3 is 2.69 bits per heavy atom. The average Bonchev–Trinajstić information content (AvgIpc) is 3.16. The zero-order valence-corrected chi connectivity index (χ0v) is 19.8. The van der Waals surface area contributed by atoms with Crippen LogP contribution in [-0.4, -0.2) is 56.9 Å². The predicted octanol–water partition coefficient (Wildman–Crippen LogP) is 4.45. The Hall–Kier alpha value is -3.54. The second-order valence-electron chi connectivity index (χ2n) is 7.79. The third-order valence-corrected chi connectivity index (χ3v) is 6.27. The number of alkyl halides is 3. The number of aryl methyl sites for hydroxylation is 1. The van der Waals surface area contributed by atoms with E-state index in [0.717, 1.165) is 35.0 Å². The Balaban J connectivity index is 1.59. The number of benzene rings is 2. The molecule has 1 aromatic heterocycles. The molecule has 0 spiro atoms. The number of nitrogens with one attached hydrogen (secondary N) is 2. The molecule has 0 saturated heterocycles. The van der Waals surface area contributed by atoms with Gasteiger partial charge in [-0.1, -0.05) is 30.0 Å². The van der Waals surface area contributed by atoms with Gasteiger partial charge in [-0.15, -0.1) is 0 Å². The van der Waals surface area contributed by atoms with Crippen LogP contribution >= 0.6 is 11.8 Å². The maximum absolute atomic E-state index is 13.2. The van der Waals surface area contributed by atoms with Crippen LogP contribution in [0.25, 0.3) is 22.4 Å². The normalized spacial score (nSPS) is 14.3. The van der Waals surface area contributed by atoms with Crippen LogP contribution in [0.1, 0.15) is 18.1 Å². The Morgan fingerprint density at radius 1 is 1.14 bits per heavy atom. The molecule has 0 bridgehead atoms. The van der Waals surface area contributed by atoms with Crippen LogP contribution < -0.4 is 10.6 Å². The Bertz CT molecular complexity index is 1300. The number of thioether (sulfide) groups is 1. The van der Waals surface area contributed by atoms with Crippen molar-refractivity contribution in [3.05, 3.63) is 53.6 Å². The van der Waals surface area contributed by atoms with Crippen LogP contribution in [0.5, 0.6) is 0 Å². The molecule has 3 amide bonds. The lowest BCUT2D eigenvalue weighted by molar-refractivity contribution is -0.137. The first-order chi connectivity index (χ1) is 16.7. The van der Waals surface area contributed by atoms with Crippen molar-refractivity contribution in [3.8, 4) is 11.4 Å². The summed E-state index contributed by atoms with van der Waals surface area (Å²) in [6, 6.07) is 10.3.